The average Bonchev–Trinajstić information content (AvgIpc) is 2.44. The number of hydrogen-bond donors (Lipinski definition) is 2. The molecule has 0 saturated carbocycles. The van der Waals surface area contributed by atoms with Gasteiger partial charge < -0.3 is 10.6 Å². The quantitative estimate of drug-likeness (QED) is 0.766. The Morgan fingerprint density at radius 3 is 2.55 bits per heavy atom. The molecule has 0 heterocycles. The molecule has 1 unspecified atom stereocenters. The second kappa shape index (κ2) is 8.75. The Labute approximate surface area is 123 Å². The third kappa shape index (κ3) is 5.74. The lowest BCUT2D eigenvalue weighted by atomic mass is 10.1. The van der Waals surface area contributed by atoms with Crippen LogP contribution in [-0.2, 0) is 11.2 Å². The first-order chi connectivity index (χ1) is 9.56. The first-order valence-corrected chi connectivity index (χ1v) is 7.66. The molecule has 1 aromatic rings. The summed E-state index contributed by atoms with van der Waals surface area (Å²) in [5.41, 5.74) is 2.59. The Hall–Kier alpha value is -1.35. The molecular formula is C17H28N2O. The van der Waals surface area contributed by atoms with Gasteiger partial charge in [0.15, 0.2) is 0 Å². The lowest BCUT2D eigenvalue weighted by Crippen LogP contribution is -2.46. The van der Waals surface area contributed by atoms with Crippen molar-refractivity contribution in [3.8, 4) is 0 Å². The number of benzene rings is 1. The van der Waals surface area contributed by atoms with E-state index in [1.165, 1.54) is 11.1 Å². The first-order valence-electron chi connectivity index (χ1n) is 7.66. The highest BCUT2D eigenvalue weighted by Gasteiger charge is 2.14. The molecule has 0 radical (unpaired) electrons. The van der Waals surface area contributed by atoms with E-state index in [2.05, 4.69) is 55.7 Å². The van der Waals surface area contributed by atoms with Crippen LogP contribution >= 0.6 is 0 Å². The molecule has 1 rings (SSSR count). The second-order valence-electron chi connectivity index (χ2n) is 5.44. The lowest BCUT2D eigenvalue weighted by molar-refractivity contribution is -0.123. The maximum Gasteiger partial charge on any atom is 0.237 e. The number of hydrogen-bond acceptors (Lipinski definition) is 2. The van der Waals surface area contributed by atoms with Gasteiger partial charge in [0.2, 0.25) is 5.91 Å². The van der Waals surface area contributed by atoms with E-state index in [1.807, 2.05) is 6.92 Å². The van der Waals surface area contributed by atoms with Gasteiger partial charge in [0.25, 0.3) is 0 Å². The van der Waals surface area contributed by atoms with E-state index in [1.54, 1.807) is 0 Å². The van der Waals surface area contributed by atoms with Crippen LogP contribution in [0.3, 0.4) is 0 Å². The number of aryl methyl sites for hydroxylation is 1. The normalized spacial score (nSPS) is 12.4. The van der Waals surface area contributed by atoms with E-state index >= 15 is 0 Å². The van der Waals surface area contributed by atoms with E-state index in [0.29, 0.717) is 6.04 Å². The molecule has 0 bridgehead atoms. The van der Waals surface area contributed by atoms with E-state index in [-0.39, 0.29) is 11.9 Å². The molecule has 0 fully saturated rings. The van der Waals surface area contributed by atoms with Crippen LogP contribution in [0.4, 0.5) is 0 Å². The Kier molecular flexibility index (Phi) is 7.31. The Balaban J connectivity index is 2.32. The summed E-state index contributed by atoms with van der Waals surface area (Å²) in [5, 5.41) is 6.36. The Morgan fingerprint density at radius 1 is 1.25 bits per heavy atom. The highest BCUT2D eigenvalue weighted by atomic mass is 16.2. The van der Waals surface area contributed by atoms with E-state index in [9.17, 15) is 4.79 Å². The summed E-state index contributed by atoms with van der Waals surface area (Å²) in [4.78, 5) is 12.0. The number of amides is 1. The van der Waals surface area contributed by atoms with Crippen molar-refractivity contribution >= 4 is 5.91 Å². The Bertz CT molecular complexity index is 413. The lowest BCUT2D eigenvalue weighted by Gasteiger charge is -2.19. The molecule has 3 nitrogen and oxygen atoms in total. The number of nitrogens with one attached hydrogen (secondary N) is 2. The number of carbonyl (C=O) groups is 1. The van der Waals surface area contributed by atoms with Crippen LogP contribution in [0.15, 0.2) is 24.3 Å². The highest BCUT2D eigenvalue weighted by Crippen LogP contribution is 2.04. The van der Waals surface area contributed by atoms with Crippen molar-refractivity contribution in [3.05, 3.63) is 35.4 Å². The minimum Gasteiger partial charge on any atom is -0.352 e. The van der Waals surface area contributed by atoms with Crippen molar-refractivity contribution in [1.29, 1.82) is 0 Å². The van der Waals surface area contributed by atoms with Crippen molar-refractivity contribution < 1.29 is 4.79 Å². The molecule has 0 aliphatic heterocycles. The highest BCUT2D eigenvalue weighted by molar-refractivity contribution is 5.81. The minimum atomic E-state index is -0.139. The topological polar surface area (TPSA) is 41.1 Å². The molecule has 0 saturated heterocycles. The van der Waals surface area contributed by atoms with Crippen LogP contribution in [0, 0.1) is 6.92 Å². The maximum atomic E-state index is 12.0. The summed E-state index contributed by atoms with van der Waals surface area (Å²) in [6, 6.07) is 8.65. The van der Waals surface area contributed by atoms with Crippen molar-refractivity contribution in [2.75, 3.05) is 6.54 Å². The molecule has 3 heteroatoms. The average molecular weight is 276 g/mol. The predicted molar refractivity (Wildman–Crippen MR) is 84.9 cm³/mol. The zero-order valence-corrected chi connectivity index (χ0v) is 13.2. The van der Waals surface area contributed by atoms with Gasteiger partial charge in [-0.05, 0) is 45.2 Å². The molecule has 1 atom stereocenters. The number of rotatable bonds is 8. The van der Waals surface area contributed by atoms with Gasteiger partial charge in [-0.3, -0.25) is 4.79 Å². The van der Waals surface area contributed by atoms with Gasteiger partial charge in [-0.2, -0.15) is 0 Å². The minimum absolute atomic E-state index is 0.0999. The standard InChI is InChI=1S/C17H28N2O/c1-5-16(6-2)19-17(20)14(4)18-11-10-15-9-7-8-13(3)12-15/h7-9,12,14,16,18H,5-6,10-11H2,1-4H3,(H,19,20). The molecule has 2 N–H and O–H groups in total. The summed E-state index contributed by atoms with van der Waals surface area (Å²) in [6.45, 7) is 9.05. The zero-order chi connectivity index (χ0) is 15.0. The third-order valence-corrected chi connectivity index (χ3v) is 3.67. The van der Waals surface area contributed by atoms with Crippen LogP contribution in [0.25, 0.3) is 0 Å². The van der Waals surface area contributed by atoms with Gasteiger partial charge in [0.1, 0.15) is 0 Å². The summed E-state index contributed by atoms with van der Waals surface area (Å²) in [6.07, 6.45) is 2.92. The molecule has 112 valence electrons. The molecule has 1 aromatic carbocycles. The van der Waals surface area contributed by atoms with Crippen LogP contribution in [0.1, 0.15) is 44.7 Å². The van der Waals surface area contributed by atoms with Crippen LogP contribution in [-0.4, -0.2) is 24.5 Å². The van der Waals surface area contributed by atoms with Crippen LogP contribution < -0.4 is 10.6 Å². The molecule has 1 amide bonds. The van der Waals surface area contributed by atoms with Crippen molar-refractivity contribution in [1.82, 2.24) is 10.6 Å². The SMILES string of the molecule is CCC(CC)NC(=O)C(C)NCCc1cccc(C)c1. The van der Waals surface area contributed by atoms with Gasteiger partial charge in [-0.25, -0.2) is 0 Å². The van der Waals surface area contributed by atoms with E-state index in [4.69, 9.17) is 0 Å². The smallest absolute Gasteiger partial charge is 0.237 e. The fraction of sp³-hybridized carbons (Fsp3) is 0.588. The van der Waals surface area contributed by atoms with E-state index in [0.717, 1.165) is 25.8 Å². The summed E-state index contributed by atoms with van der Waals surface area (Å²) >= 11 is 0. The van der Waals surface area contributed by atoms with Crippen molar-refractivity contribution in [2.45, 2.75) is 59.0 Å². The molecule has 20 heavy (non-hydrogen) atoms. The zero-order valence-electron chi connectivity index (χ0n) is 13.2. The van der Waals surface area contributed by atoms with Gasteiger partial charge in [-0.1, -0.05) is 43.7 Å². The summed E-state index contributed by atoms with van der Waals surface area (Å²) in [7, 11) is 0. The summed E-state index contributed by atoms with van der Waals surface area (Å²) in [5.74, 6) is 0.0999. The van der Waals surface area contributed by atoms with Gasteiger partial charge >= 0.3 is 0 Å². The molecule has 0 aliphatic carbocycles. The molecular weight excluding hydrogens is 248 g/mol. The second-order valence-corrected chi connectivity index (χ2v) is 5.44. The van der Waals surface area contributed by atoms with Gasteiger partial charge in [0.05, 0.1) is 6.04 Å². The Morgan fingerprint density at radius 2 is 1.95 bits per heavy atom. The summed E-state index contributed by atoms with van der Waals surface area (Å²) < 4.78 is 0. The molecule has 0 aliphatic rings. The van der Waals surface area contributed by atoms with Gasteiger partial charge in [0, 0.05) is 6.04 Å². The third-order valence-electron chi connectivity index (χ3n) is 3.67. The van der Waals surface area contributed by atoms with Crippen LogP contribution in [0.2, 0.25) is 0 Å². The van der Waals surface area contributed by atoms with Crippen LogP contribution in [0.5, 0.6) is 0 Å². The molecule has 0 aromatic heterocycles. The van der Waals surface area contributed by atoms with Crippen molar-refractivity contribution in [2.24, 2.45) is 0 Å². The maximum absolute atomic E-state index is 12.0. The fourth-order valence-corrected chi connectivity index (χ4v) is 2.21. The van der Waals surface area contributed by atoms with E-state index < -0.39 is 0 Å². The molecule has 0 spiro atoms. The van der Waals surface area contributed by atoms with Crippen molar-refractivity contribution in [3.63, 3.8) is 0 Å². The fourth-order valence-electron chi connectivity index (χ4n) is 2.21. The predicted octanol–water partition coefficient (Wildman–Crippen LogP) is 2.82. The first kappa shape index (κ1) is 16.7. The number of carbonyl (C=O) groups excluding carboxylic acids is 1. The monoisotopic (exact) mass is 276 g/mol. The largest absolute Gasteiger partial charge is 0.352 e. The van der Waals surface area contributed by atoms with Gasteiger partial charge in [-0.15, -0.1) is 0 Å².